The first-order chi connectivity index (χ1) is 10.2. The first-order valence-corrected chi connectivity index (χ1v) is 6.69. The molecule has 0 heterocycles. The molecule has 1 rings (SSSR count). The highest BCUT2D eigenvalue weighted by Gasteiger charge is 2.34. The minimum atomic E-state index is -4.59. The zero-order valence-electron chi connectivity index (χ0n) is 12.0. The van der Waals surface area contributed by atoms with Crippen LogP contribution in [0.2, 0.25) is 0 Å². The summed E-state index contributed by atoms with van der Waals surface area (Å²) >= 11 is 0. The van der Waals surface area contributed by atoms with E-state index in [2.05, 4.69) is 0 Å². The summed E-state index contributed by atoms with van der Waals surface area (Å²) in [6.07, 6.45) is -4.65. The number of amides is 1. The van der Waals surface area contributed by atoms with E-state index in [0.29, 0.717) is 4.90 Å². The highest BCUT2D eigenvalue weighted by atomic mass is 19.4. The van der Waals surface area contributed by atoms with Crippen molar-refractivity contribution in [3.63, 3.8) is 0 Å². The fraction of sp³-hybridized carbons (Fsp3) is 0.500. The second-order valence-corrected chi connectivity index (χ2v) is 4.85. The molecule has 1 aromatic rings. The quantitative estimate of drug-likeness (QED) is 0.818. The summed E-state index contributed by atoms with van der Waals surface area (Å²) in [5.74, 6) is -3.07. The van der Waals surface area contributed by atoms with Crippen LogP contribution in [-0.4, -0.2) is 36.1 Å². The maximum absolute atomic E-state index is 13.5. The molecule has 0 radical (unpaired) electrons. The monoisotopic (exact) mass is 324 g/mol. The first kappa shape index (κ1) is 18.3. The van der Waals surface area contributed by atoms with E-state index >= 15 is 0 Å². The Morgan fingerprint density at radius 1 is 1.32 bits per heavy atom. The number of hydrogen-bond acceptors (Lipinski definition) is 2. The third-order valence-electron chi connectivity index (χ3n) is 3.12. The summed E-state index contributed by atoms with van der Waals surface area (Å²) < 4.78 is 64.2. The van der Waals surface area contributed by atoms with E-state index in [4.69, 9.17) is 5.73 Å². The Hall–Kier alpha value is -1.70. The molecule has 124 valence electrons. The number of hydrogen-bond donors (Lipinski definition) is 1. The van der Waals surface area contributed by atoms with Gasteiger partial charge in [-0.3, -0.25) is 4.79 Å². The number of halogens is 5. The van der Waals surface area contributed by atoms with Gasteiger partial charge in [0.1, 0.15) is 6.54 Å². The van der Waals surface area contributed by atoms with Gasteiger partial charge in [0, 0.05) is 6.54 Å². The average molecular weight is 324 g/mol. The molecule has 8 heteroatoms. The third kappa shape index (κ3) is 5.25. The smallest absolute Gasteiger partial charge is 0.332 e. The largest absolute Gasteiger partial charge is 0.406 e. The van der Waals surface area contributed by atoms with Gasteiger partial charge in [0.2, 0.25) is 5.91 Å². The lowest BCUT2D eigenvalue weighted by molar-refractivity contribution is -0.162. The van der Waals surface area contributed by atoms with E-state index in [1.165, 1.54) is 12.1 Å². The van der Waals surface area contributed by atoms with Gasteiger partial charge in [-0.15, -0.1) is 0 Å². The minimum absolute atomic E-state index is 0.0926. The van der Waals surface area contributed by atoms with Gasteiger partial charge < -0.3 is 10.6 Å². The van der Waals surface area contributed by atoms with Gasteiger partial charge in [-0.2, -0.15) is 13.2 Å². The van der Waals surface area contributed by atoms with Gasteiger partial charge in [-0.05, 0) is 24.5 Å². The zero-order valence-corrected chi connectivity index (χ0v) is 12.0. The third-order valence-corrected chi connectivity index (χ3v) is 3.12. The number of nitrogens with zero attached hydrogens (tertiary/aromatic N) is 1. The first-order valence-electron chi connectivity index (χ1n) is 6.69. The Bertz CT molecular complexity index is 518. The van der Waals surface area contributed by atoms with Crippen molar-refractivity contribution >= 4 is 5.91 Å². The van der Waals surface area contributed by atoms with Crippen LogP contribution in [0.1, 0.15) is 18.9 Å². The minimum Gasteiger partial charge on any atom is -0.332 e. The van der Waals surface area contributed by atoms with Crippen LogP contribution in [0.5, 0.6) is 0 Å². The normalized spacial score (nSPS) is 13.0. The molecule has 1 aromatic carbocycles. The molecule has 2 N–H and O–H groups in total. The lowest BCUT2D eigenvalue weighted by Gasteiger charge is -2.26. The number of rotatable bonds is 6. The lowest BCUT2D eigenvalue weighted by atomic mass is 10.1. The fourth-order valence-electron chi connectivity index (χ4n) is 1.89. The molecule has 0 aliphatic carbocycles. The lowest BCUT2D eigenvalue weighted by Crippen LogP contribution is -2.48. The molecule has 22 heavy (non-hydrogen) atoms. The summed E-state index contributed by atoms with van der Waals surface area (Å²) in [7, 11) is 0. The second kappa shape index (κ2) is 7.53. The standard InChI is InChI=1S/C14H17F5N2O/c1-2-11(20)13(22)21(8-14(17,18)19)7-6-9-4-3-5-10(15)12(9)16/h3-5,11H,2,6-8,20H2,1H3/t11-/m1/s1. The van der Waals surface area contributed by atoms with Crippen molar-refractivity contribution in [1.29, 1.82) is 0 Å². The molecule has 1 atom stereocenters. The van der Waals surface area contributed by atoms with Gasteiger partial charge in [0.15, 0.2) is 11.6 Å². The molecule has 0 aromatic heterocycles. The van der Waals surface area contributed by atoms with E-state index in [1.807, 2.05) is 0 Å². The van der Waals surface area contributed by atoms with Crippen LogP contribution < -0.4 is 5.73 Å². The topological polar surface area (TPSA) is 46.3 Å². The predicted molar refractivity (Wildman–Crippen MR) is 71.0 cm³/mol. The Labute approximate surface area is 124 Å². The molecule has 0 fully saturated rings. The molecule has 0 aliphatic heterocycles. The summed E-state index contributed by atoms with van der Waals surface area (Å²) in [5.41, 5.74) is 5.37. The molecule has 1 amide bonds. The zero-order chi connectivity index (χ0) is 16.9. The maximum atomic E-state index is 13.5. The molecule has 0 aliphatic rings. The van der Waals surface area contributed by atoms with E-state index in [9.17, 15) is 26.7 Å². The molecule has 0 unspecified atom stereocenters. The molecule has 0 saturated carbocycles. The van der Waals surface area contributed by atoms with Crippen LogP contribution in [0.4, 0.5) is 22.0 Å². The van der Waals surface area contributed by atoms with Crippen LogP contribution in [0, 0.1) is 11.6 Å². The maximum Gasteiger partial charge on any atom is 0.406 e. The molecule has 3 nitrogen and oxygen atoms in total. The Morgan fingerprint density at radius 3 is 2.50 bits per heavy atom. The predicted octanol–water partition coefficient (Wildman–Crippen LogP) is 2.64. The highest BCUT2D eigenvalue weighted by molar-refractivity contribution is 5.81. The van der Waals surface area contributed by atoms with Crippen molar-refractivity contribution in [2.45, 2.75) is 32.0 Å². The number of alkyl halides is 3. The molecule has 0 saturated heterocycles. The van der Waals surface area contributed by atoms with Crippen molar-refractivity contribution in [1.82, 2.24) is 4.90 Å². The van der Waals surface area contributed by atoms with Crippen LogP contribution in [0.3, 0.4) is 0 Å². The summed E-state index contributed by atoms with van der Waals surface area (Å²) in [5, 5.41) is 0. The van der Waals surface area contributed by atoms with E-state index in [1.54, 1.807) is 6.92 Å². The van der Waals surface area contributed by atoms with Crippen molar-refractivity contribution in [2.75, 3.05) is 13.1 Å². The van der Waals surface area contributed by atoms with E-state index < -0.39 is 42.8 Å². The molecular formula is C14H17F5N2O. The summed E-state index contributed by atoms with van der Waals surface area (Å²) in [4.78, 5) is 12.4. The van der Waals surface area contributed by atoms with Gasteiger partial charge >= 0.3 is 6.18 Å². The van der Waals surface area contributed by atoms with Crippen molar-refractivity contribution in [2.24, 2.45) is 5.73 Å². The number of benzene rings is 1. The van der Waals surface area contributed by atoms with Gasteiger partial charge in [0.25, 0.3) is 0 Å². The van der Waals surface area contributed by atoms with Gasteiger partial charge in [-0.25, -0.2) is 8.78 Å². The highest BCUT2D eigenvalue weighted by Crippen LogP contribution is 2.18. The van der Waals surface area contributed by atoms with Crippen LogP contribution >= 0.6 is 0 Å². The average Bonchev–Trinajstić information content (AvgIpc) is 2.44. The molecule has 0 bridgehead atoms. The fourth-order valence-corrected chi connectivity index (χ4v) is 1.89. The van der Waals surface area contributed by atoms with Crippen LogP contribution in [0.15, 0.2) is 18.2 Å². The Morgan fingerprint density at radius 2 is 1.95 bits per heavy atom. The second-order valence-electron chi connectivity index (χ2n) is 4.85. The molecular weight excluding hydrogens is 307 g/mol. The van der Waals surface area contributed by atoms with Crippen molar-refractivity contribution in [3.8, 4) is 0 Å². The van der Waals surface area contributed by atoms with E-state index in [0.717, 1.165) is 6.07 Å². The van der Waals surface area contributed by atoms with Gasteiger partial charge in [0.05, 0.1) is 6.04 Å². The van der Waals surface area contributed by atoms with Crippen molar-refractivity contribution < 1.29 is 26.7 Å². The summed E-state index contributed by atoms with van der Waals surface area (Å²) in [6.45, 7) is -0.302. The van der Waals surface area contributed by atoms with E-state index in [-0.39, 0.29) is 18.4 Å². The Balaban J connectivity index is 2.84. The van der Waals surface area contributed by atoms with Gasteiger partial charge in [-0.1, -0.05) is 19.1 Å². The van der Waals surface area contributed by atoms with Crippen molar-refractivity contribution in [3.05, 3.63) is 35.4 Å². The SMILES string of the molecule is CC[C@@H](N)C(=O)N(CCc1cccc(F)c1F)CC(F)(F)F. The number of carbonyl (C=O) groups excluding carboxylic acids is 1. The summed E-state index contributed by atoms with van der Waals surface area (Å²) in [6, 6.07) is 2.36. The Kier molecular flexibility index (Phi) is 6.28. The van der Waals surface area contributed by atoms with Crippen LogP contribution in [0.25, 0.3) is 0 Å². The number of carbonyl (C=O) groups is 1. The number of nitrogens with two attached hydrogens (primary N) is 1. The molecule has 0 spiro atoms. The van der Waals surface area contributed by atoms with Crippen LogP contribution in [-0.2, 0) is 11.2 Å².